The second-order valence-corrected chi connectivity index (χ2v) is 4.86. The molecule has 7 nitrogen and oxygen atoms in total. The number of thioether (sulfide) groups is 1. The number of rotatable bonds is 3. The second kappa shape index (κ2) is 5.21. The highest BCUT2D eigenvalue weighted by molar-refractivity contribution is 7.99. The predicted octanol–water partition coefficient (Wildman–Crippen LogP) is -0.418. The number of hydrogen-bond acceptors (Lipinski definition) is 6. The van der Waals surface area contributed by atoms with Gasteiger partial charge < -0.3 is 15.7 Å². The zero-order valence-corrected chi connectivity index (χ0v) is 10.3. The molecule has 1 atom stereocenters. The number of carbonyl (C=O) groups excluding carboxylic acids is 1. The normalized spacial score (nSPS) is 19.6. The molecule has 2 rings (SSSR count). The number of nitrogens with two attached hydrogens (primary N) is 1. The number of primary amides is 1. The van der Waals surface area contributed by atoms with Crippen LogP contribution in [-0.2, 0) is 4.79 Å². The third kappa shape index (κ3) is 2.37. The molecule has 0 bridgehead atoms. The molecule has 1 unspecified atom stereocenters. The molecule has 1 aromatic heterocycles. The number of hydrogen-bond donors (Lipinski definition) is 2. The minimum atomic E-state index is -0.941. The van der Waals surface area contributed by atoms with Crippen LogP contribution in [0.4, 0.5) is 5.82 Å². The van der Waals surface area contributed by atoms with Crippen molar-refractivity contribution >= 4 is 29.5 Å². The van der Waals surface area contributed by atoms with Gasteiger partial charge >= 0.3 is 5.97 Å². The van der Waals surface area contributed by atoms with E-state index in [4.69, 9.17) is 5.73 Å². The van der Waals surface area contributed by atoms with Crippen molar-refractivity contribution in [3.05, 3.63) is 18.1 Å². The average Bonchev–Trinajstić information content (AvgIpc) is 2.38. The quantitative estimate of drug-likeness (QED) is 0.766. The van der Waals surface area contributed by atoms with Gasteiger partial charge in [0.25, 0.3) is 5.91 Å². The molecule has 18 heavy (non-hydrogen) atoms. The van der Waals surface area contributed by atoms with Gasteiger partial charge in [-0.2, -0.15) is 11.8 Å². The van der Waals surface area contributed by atoms with E-state index in [1.165, 1.54) is 12.4 Å². The molecular weight excluding hydrogens is 256 g/mol. The fourth-order valence-corrected chi connectivity index (χ4v) is 2.81. The first-order valence-corrected chi connectivity index (χ1v) is 6.44. The largest absolute Gasteiger partial charge is 0.480 e. The molecule has 0 spiro atoms. The van der Waals surface area contributed by atoms with Crippen molar-refractivity contribution in [2.24, 2.45) is 5.73 Å². The second-order valence-electron chi connectivity index (χ2n) is 3.72. The van der Waals surface area contributed by atoms with Crippen molar-refractivity contribution in [2.75, 3.05) is 23.0 Å². The van der Waals surface area contributed by atoms with Crippen LogP contribution in [0, 0.1) is 0 Å². The maximum atomic E-state index is 11.3. The number of amides is 1. The maximum Gasteiger partial charge on any atom is 0.327 e. The summed E-state index contributed by atoms with van der Waals surface area (Å²) in [7, 11) is 0. The Morgan fingerprint density at radius 3 is 2.83 bits per heavy atom. The molecule has 0 aliphatic carbocycles. The summed E-state index contributed by atoms with van der Waals surface area (Å²) < 4.78 is 0. The Balaban J connectivity index is 2.39. The van der Waals surface area contributed by atoms with Gasteiger partial charge in [-0.3, -0.25) is 4.79 Å². The van der Waals surface area contributed by atoms with Crippen LogP contribution in [0.25, 0.3) is 0 Å². The zero-order chi connectivity index (χ0) is 13.1. The minimum absolute atomic E-state index is 0.00986. The van der Waals surface area contributed by atoms with Crippen LogP contribution in [-0.4, -0.2) is 51.0 Å². The summed E-state index contributed by atoms with van der Waals surface area (Å²) in [5.74, 6) is -0.177. The van der Waals surface area contributed by atoms with E-state index < -0.39 is 17.9 Å². The molecule has 1 fully saturated rings. The molecule has 0 radical (unpaired) electrons. The number of carboxylic acid groups (broad SMARTS) is 1. The Hall–Kier alpha value is -1.83. The molecule has 1 amide bonds. The van der Waals surface area contributed by atoms with Gasteiger partial charge in [-0.15, -0.1) is 0 Å². The highest BCUT2D eigenvalue weighted by atomic mass is 32.2. The van der Waals surface area contributed by atoms with Gasteiger partial charge in [-0.1, -0.05) is 0 Å². The van der Waals surface area contributed by atoms with Crippen molar-refractivity contribution in [2.45, 2.75) is 6.04 Å². The maximum absolute atomic E-state index is 11.3. The number of aromatic nitrogens is 2. The van der Waals surface area contributed by atoms with E-state index in [0.29, 0.717) is 12.3 Å². The monoisotopic (exact) mass is 268 g/mol. The van der Waals surface area contributed by atoms with E-state index in [1.54, 1.807) is 16.7 Å². The van der Waals surface area contributed by atoms with Gasteiger partial charge in [-0.25, -0.2) is 14.8 Å². The fourth-order valence-electron chi connectivity index (χ4n) is 1.78. The lowest BCUT2D eigenvalue weighted by Gasteiger charge is -2.33. The van der Waals surface area contributed by atoms with E-state index >= 15 is 0 Å². The summed E-state index contributed by atoms with van der Waals surface area (Å²) in [6.45, 7) is 0.501. The lowest BCUT2D eigenvalue weighted by molar-refractivity contribution is -0.138. The smallest absolute Gasteiger partial charge is 0.327 e. The first-order chi connectivity index (χ1) is 8.61. The number of aliphatic carboxylic acids is 1. The van der Waals surface area contributed by atoms with Gasteiger partial charge in [0.1, 0.15) is 6.04 Å². The summed E-state index contributed by atoms with van der Waals surface area (Å²) in [6.07, 6.45) is 2.78. The van der Waals surface area contributed by atoms with Crippen molar-refractivity contribution in [3.8, 4) is 0 Å². The van der Waals surface area contributed by atoms with E-state index in [-0.39, 0.29) is 11.5 Å². The Kier molecular flexibility index (Phi) is 3.66. The number of carboxylic acids is 1. The summed E-state index contributed by atoms with van der Waals surface area (Å²) in [5, 5.41) is 9.18. The standard InChI is InChI=1S/C10H12N4O3S/c11-8(15)7-9(13-2-1-12-7)14-3-4-18-5-6(14)10(16)17/h1-2,6H,3-5H2,(H2,11,15)(H,16,17). The summed E-state index contributed by atoms with van der Waals surface area (Å²) in [5.41, 5.74) is 5.23. The minimum Gasteiger partial charge on any atom is -0.480 e. The van der Waals surface area contributed by atoms with Gasteiger partial charge in [-0.05, 0) is 0 Å². The predicted molar refractivity (Wildman–Crippen MR) is 66.6 cm³/mol. The van der Waals surface area contributed by atoms with Crippen molar-refractivity contribution in [1.82, 2.24) is 9.97 Å². The van der Waals surface area contributed by atoms with Crippen LogP contribution in [0.15, 0.2) is 12.4 Å². The average molecular weight is 268 g/mol. The molecular formula is C10H12N4O3S. The number of anilines is 1. The first kappa shape index (κ1) is 12.6. The first-order valence-electron chi connectivity index (χ1n) is 5.29. The molecule has 8 heteroatoms. The summed E-state index contributed by atoms with van der Waals surface area (Å²) >= 11 is 1.56. The molecule has 1 aliphatic rings. The molecule has 1 saturated heterocycles. The number of nitrogens with zero attached hydrogens (tertiary/aromatic N) is 3. The van der Waals surface area contributed by atoms with E-state index in [9.17, 15) is 14.7 Å². The Labute approximate surface area is 107 Å². The fraction of sp³-hybridized carbons (Fsp3) is 0.400. The van der Waals surface area contributed by atoms with Crippen LogP contribution in [0.1, 0.15) is 10.5 Å². The van der Waals surface area contributed by atoms with Gasteiger partial charge in [0.05, 0.1) is 0 Å². The highest BCUT2D eigenvalue weighted by Crippen LogP contribution is 2.24. The SMILES string of the molecule is NC(=O)c1nccnc1N1CCSCC1C(=O)O. The Morgan fingerprint density at radius 1 is 1.44 bits per heavy atom. The van der Waals surface area contributed by atoms with Crippen molar-refractivity contribution in [3.63, 3.8) is 0 Å². The molecule has 1 aliphatic heterocycles. The van der Waals surface area contributed by atoms with E-state index in [1.807, 2.05) is 0 Å². The third-order valence-electron chi connectivity index (χ3n) is 2.60. The van der Waals surface area contributed by atoms with Crippen LogP contribution in [0.5, 0.6) is 0 Å². The van der Waals surface area contributed by atoms with Crippen molar-refractivity contribution < 1.29 is 14.7 Å². The Bertz CT molecular complexity index is 482. The molecule has 3 N–H and O–H groups in total. The Morgan fingerprint density at radius 2 is 2.17 bits per heavy atom. The molecule has 96 valence electrons. The molecule has 0 saturated carbocycles. The summed E-state index contributed by atoms with van der Waals surface area (Å²) in [6, 6.07) is -0.710. The lowest BCUT2D eigenvalue weighted by Crippen LogP contribution is -2.48. The molecule has 0 aromatic carbocycles. The third-order valence-corrected chi connectivity index (χ3v) is 3.62. The summed E-state index contributed by atoms with van der Waals surface area (Å²) in [4.78, 5) is 32.0. The van der Waals surface area contributed by atoms with E-state index in [0.717, 1.165) is 5.75 Å². The zero-order valence-electron chi connectivity index (χ0n) is 9.44. The topological polar surface area (TPSA) is 109 Å². The van der Waals surface area contributed by atoms with Gasteiger partial charge in [0.2, 0.25) is 0 Å². The molecule has 2 heterocycles. The lowest BCUT2D eigenvalue weighted by atomic mass is 10.2. The van der Waals surface area contributed by atoms with Crippen LogP contribution < -0.4 is 10.6 Å². The van der Waals surface area contributed by atoms with Crippen molar-refractivity contribution in [1.29, 1.82) is 0 Å². The number of carbonyl (C=O) groups is 2. The van der Waals surface area contributed by atoms with Gasteiger partial charge in [0.15, 0.2) is 11.5 Å². The highest BCUT2D eigenvalue weighted by Gasteiger charge is 2.32. The van der Waals surface area contributed by atoms with Crippen LogP contribution >= 0.6 is 11.8 Å². The van der Waals surface area contributed by atoms with Gasteiger partial charge in [0, 0.05) is 30.4 Å². The van der Waals surface area contributed by atoms with E-state index in [2.05, 4.69) is 9.97 Å². The van der Waals surface area contributed by atoms with Crippen LogP contribution in [0.3, 0.4) is 0 Å². The van der Waals surface area contributed by atoms with Crippen LogP contribution in [0.2, 0.25) is 0 Å². The molecule has 1 aromatic rings.